The van der Waals surface area contributed by atoms with Crippen LogP contribution in [0.3, 0.4) is 0 Å². The molecule has 28 heavy (non-hydrogen) atoms. The van der Waals surface area contributed by atoms with Gasteiger partial charge < -0.3 is 9.64 Å². The number of rotatable bonds is 6. The SMILES string of the molecule is Cc1ccc([N+](=O)[O-])c(OCC(=O)N2CCN(C(C)c3ccccc3)CC2)c1. The normalized spacial score (nSPS) is 15.9. The van der Waals surface area contributed by atoms with Crippen molar-refractivity contribution in [1.29, 1.82) is 0 Å². The summed E-state index contributed by atoms with van der Waals surface area (Å²) in [6, 6.07) is 15.2. The van der Waals surface area contributed by atoms with Crippen molar-refractivity contribution < 1.29 is 14.5 Å². The Balaban J connectivity index is 1.53. The van der Waals surface area contributed by atoms with Crippen molar-refractivity contribution in [3.05, 3.63) is 69.8 Å². The Bertz CT molecular complexity index is 833. The van der Waals surface area contributed by atoms with E-state index < -0.39 is 4.92 Å². The van der Waals surface area contributed by atoms with Gasteiger partial charge in [-0.3, -0.25) is 19.8 Å². The van der Waals surface area contributed by atoms with Gasteiger partial charge in [0.05, 0.1) is 4.92 Å². The maximum atomic E-state index is 12.5. The molecule has 2 aromatic carbocycles. The van der Waals surface area contributed by atoms with Crippen LogP contribution in [-0.4, -0.2) is 53.4 Å². The number of carbonyl (C=O) groups is 1. The summed E-state index contributed by atoms with van der Waals surface area (Å²) < 4.78 is 5.49. The standard InChI is InChI=1S/C21H25N3O4/c1-16-8-9-19(24(26)27)20(14-16)28-15-21(25)23-12-10-22(11-13-23)17(2)18-6-4-3-5-7-18/h3-9,14,17H,10-13,15H2,1-2H3. The Morgan fingerprint density at radius 2 is 1.82 bits per heavy atom. The third-order valence-electron chi connectivity index (χ3n) is 5.16. The Morgan fingerprint density at radius 1 is 1.14 bits per heavy atom. The van der Waals surface area contributed by atoms with Crippen LogP contribution in [-0.2, 0) is 4.79 Å². The molecule has 0 aromatic heterocycles. The van der Waals surface area contributed by atoms with Crippen molar-refractivity contribution in [2.75, 3.05) is 32.8 Å². The lowest BCUT2D eigenvalue weighted by Crippen LogP contribution is -2.50. The molecule has 1 heterocycles. The molecule has 1 amide bonds. The van der Waals surface area contributed by atoms with Crippen molar-refractivity contribution in [2.24, 2.45) is 0 Å². The zero-order chi connectivity index (χ0) is 20.1. The average molecular weight is 383 g/mol. The van der Waals surface area contributed by atoms with Gasteiger partial charge in [0.15, 0.2) is 12.4 Å². The minimum Gasteiger partial charge on any atom is -0.477 e. The minimum absolute atomic E-state index is 0.125. The number of aryl methyl sites for hydroxylation is 1. The average Bonchev–Trinajstić information content (AvgIpc) is 2.72. The fraction of sp³-hybridized carbons (Fsp3) is 0.381. The summed E-state index contributed by atoms with van der Waals surface area (Å²) in [4.78, 5) is 27.2. The molecule has 1 aliphatic heterocycles. The van der Waals surface area contributed by atoms with Crippen molar-refractivity contribution in [2.45, 2.75) is 19.9 Å². The number of hydrogen-bond donors (Lipinski definition) is 0. The fourth-order valence-corrected chi connectivity index (χ4v) is 3.42. The Labute approximate surface area is 164 Å². The first-order chi connectivity index (χ1) is 13.5. The number of ether oxygens (including phenoxy) is 1. The Kier molecular flexibility index (Phi) is 6.26. The molecule has 1 unspecified atom stereocenters. The summed E-state index contributed by atoms with van der Waals surface area (Å²) in [6.45, 7) is 6.61. The zero-order valence-corrected chi connectivity index (χ0v) is 16.2. The van der Waals surface area contributed by atoms with Gasteiger partial charge >= 0.3 is 5.69 Å². The van der Waals surface area contributed by atoms with E-state index in [0.717, 1.165) is 18.7 Å². The van der Waals surface area contributed by atoms with Crippen LogP contribution < -0.4 is 4.74 Å². The van der Waals surface area contributed by atoms with Crippen LogP contribution in [0.5, 0.6) is 5.75 Å². The molecule has 7 nitrogen and oxygen atoms in total. The van der Waals surface area contributed by atoms with Gasteiger partial charge in [-0.15, -0.1) is 0 Å². The van der Waals surface area contributed by atoms with Gasteiger partial charge in [-0.05, 0) is 31.0 Å². The fourth-order valence-electron chi connectivity index (χ4n) is 3.42. The maximum Gasteiger partial charge on any atom is 0.310 e. The third-order valence-corrected chi connectivity index (χ3v) is 5.16. The van der Waals surface area contributed by atoms with Crippen LogP contribution in [0.25, 0.3) is 0 Å². The van der Waals surface area contributed by atoms with E-state index in [9.17, 15) is 14.9 Å². The largest absolute Gasteiger partial charge is 0.477 e. The highest BCUT2D eigenvalue weighted by atomic mass is 16.6. The Morgan fingerprint density at radius 3 is 2.46 bits per heavy atom. The van der Waals surface area contributed by atoms with Crippen molar-refractivity contribution in [3.63, 3.8) is 0 Å². The van der Waals surface area contributed by atoms with E-state index in [4.69, 9.17) is 4.74 Å². The third kappa shape index (κ3) is 4.67. The molecule has 2 aromatic rings. The van der Waals surface area contributed by atoms with Crippen LogP contribution in [0.1, 0.15) is 24.1 Å². The molecule has 3 rings (SSSR count). The molecule has 7 heteroatoms. The van der Waals surface area contributed by atoms with Crippen molar-refractivity contribution in [1.82, 2.24) is 9.80 Å². The predicted octanol–water partition coefficient (Wildman–Crippen LogP) is 3.19. The van der Waals surface area contributed by atoms with Crippen molar-refractivity contribution in [3.8, 4) is 5.75 Å². The van der Waals surface area contributed by atoms with Gasteiger partial charge in [0, 0.05) is 38.3 Å². The topological polar surface area (TPSA) is 75.9 Å². The maximum absolute atomic E-state index is 12.5. The molecule has 1 fully saturated rings. The van der Waals surface area contributed by atoms with E-state index >= 15 is 0 Å². The number of nitrogens with zero attached hydrogens (tertiary/aromatic N) is 3. The first-order valence-electron chi connectivity index (χ1n) is 9.40. The first-order valence-corrected chi connectivity index (χ1v) is 9.40. The van der Waals surface area contributed by atoms with Crippen LogP contribution in [0.2, 0.25) is 0 Å². The number of piperazine rings is 1. The molecule has 0 spiro atoms. The predicted molar refractivity (Wildman–Crippen MR) is 106 cm³/mol. The van der Waals surface area contributed by atoms with E-state index in [1.807, 2.05) is 25.1 Å². The van der Waals surface area contributed by atoms with E-state index in [1.165, 1.54) is 11.6 Å². The molecule has 0 bridgehead atoms. The lowest BCUT2D eigenvalue weighted by Gasteiger charge is -2.38. The van der Waals surface area contributed by atoms with Crippen molar-refractivity contribution >= 4 is 11.6 Å². The van der Waals surface area contributed by atoms with Crippen LogP contribution in [0.4, 0.5) is 5.69 Å². The monoisotopic (exact) mass is 383 g/mol. The number of amides is 1. The van der Waals surface area contributed by atoms with Crippen LogP contribution in [0.15, 0.2) is 48.5 Å². The van der Waals surface area contributed by atoms with Crippen LogP contribution >= 0.6 is 0 Å². The number of hydrogen-bond acceptors (Lipinski definition) is 5. The highest BCUT2D eigenvalue weighted by molar-refractivity contribution is 5.78. The highest BCUT2D eigenvalue weighted by Gasteiger charge is 2.25. The molecular formula is C21H25N3O4. The quantitative estimate of drug-likeness (QED) is 0.566. The van der Waals surface area contributed by atoms with Gasteiger partial charge in [-0.2, -0.15) is 0 Å². The highest BCUT2D eigenvalue weighted by Crippen LogP contribution is 2.28. The molecular weight excluding hydrogens is 358 g/mol. The van der Waals surface area contributed by atoms with E-state index in [1.54, 1.807) is 17.0 Å². The summed E-state index contributed by atoms with van der Waals surface area (Å²) in [5.41, 5.74) is 1.98. The molecule has 0 saturated carbocycles. The summed E-state index contributed by atoms with van der Waals surface area (Å²) in [7, 11) is 0. The van der Waals surface area contributed by atoms with Crippen LogP contribution in [0, 0.1) is 17.0 Å². The Hall–Kier alpha value is -2.93. The smallest absolute Gasteiger partial charge is 0.310 e. The van der Waals surface area contributed by atoms with Gasteiger partial charge in [0.2, 0.25) is 0 Å². The van der Waals surface area contributed by atoms with E-state index in [-0.39, 0.29) is 24.0 Å². The second kappa shape index (κ2) is 8.84. The summed E-state index contributed by atoms with van der Waals surface area (Å²) in [5, 5.41) is 11.1. The van der Waals surface area contributed by atoms with E-state index in [2.05, 4.69) is 24.0 Å². The number of benzene rings is 2. The van der Waals surface area contributed by atoms with E-state index in [0.29, 0.717) is 19.1 Å². The van der Waals surface area contributed by atoms with Gasteiger partial charge in [-0.25, -0.2) is 0 Å². The molecule has 1 saturated heterocycles. The summed E-state index contributed by atoms with van der Waals surface area (Å²) >= 11 is 0. The van der Waals surface area contributed by atoms with Gasteiger partial charge in [-0.1, -0.05) is 36.4 Å². The molecule has 0 radical (unpaired) electrons. The number of carbonyl (C=O) groups excluding carboxylic acids is 1. The summed E-state index contributed by atoms with van der Waals surface area (Å²) in [6.07, 6.45) is 0. The molecule has 148 valence electrons. The second-order valence-corrected chi connectivity index (χ2v) is 7.02. The lowest BCUT2D eigenvalue weighted by atomic mass is 10.1. The molecule has 0 N–H and O–H groups in total. The number of nitro groups is 1. The first kappa shape index (κ1) is 19.8. The summed E-state index contributed by atoms with van der Waals surface area (Å²) in [5.74, 6) is -0.0162. The second-order valence-electron chi connectivity index (χ2n) is 7.02. The lowest BCUT2D eigenvalue weighted by molar-refractivity contribution is -0.385. The van der Waals surface area contributed by atoms with Gasteiger partial charge in [0.1, 0.15) is 0 Å². The minimum atomic E-state index is -0.497. The zero-order valence-electron chi connectivity index (χ0n) is 16.2. The van der Waals surface area contributed by atoms with Gasteiger partial charge in [0.25, 0.3) is 5.91 Å². The number of nitro benzene ring substituents is 1. The molecule has 1 aliphatic rings. The molecule has 0 aliphatic carbocycles. The molecule has 1 atom stereocenters.